The molecule has 0 bridgehead atoms. The summed E-state index contributed by atoms with van der Waals surface area (Å²) >= 11 is 0. The van der Waals surface area contributed by atoms with E-state index in [1.165, 1.54) is 75.8 Å². The van der Waals surface area contributed by atoms with Crippen LogP contribution in [0.5, 0.6) is 0 Å². The lowest BCUT2D eigenvalue weighted by Crippen LogP contribution is -1.92. The fraction of sp³-hybridized carbons (Fsp3) is 0.0286. The van der Waals surface area contributed by atoms with Gasteiger partial charge < -0.3 is 0 Å². The van der Waals surface area contributed by atoms with Crippen molar-refractivity contribution in [2.75, 3.05) is 0 Å². The first kappa shape index (κ1) is 18.9. The zero-order chi connectivity index (χ0) is 22.9. The van der Waals surface area contributed by atoms with Gasteiger partial charge in [-0.3, -0.25) is 0 Å². The van der Waals surface area contributed by atoms with Crippen LogP contribution in [0.3, 0.4) is 0 Å². The van der Waals surface area contributed by atoms with Gasteiger partial charge in [0.2, 0.25) is 0 Å². The molecule has 0 heteroatoms. The monoisotopic (exact) mass is 442 g/mol. The molecular formula is C35H22. The third-order valence-electron chi connectivity index (χ3n) is 7.74. The summed E-state index contributed by atoms with van der Waals surface area (Å²) in [5.41, 5.74) is 2.74. The molecule has 0 atom stereocenters. The van der Waals surface area contributed by atoms with Gasteiger partial charge in [-0.15, -0.1) is 0 Å². The third-order valence-corrected chi connectivity index (χ3v) is 7.74. The lowest BCUT2D eigenvalue weighted by atomic mass is 9.90. The van der Waals surface area contributed by atoms with Crippen LogP contribution >= 0.6 is 0 Å². The first-order valence-electron chi connectivity index (χ1n) is 12.3. The highest BCUT2D eigenvalue weighted by molar-refractivity contribution is 6.23. The summed E-state index contributed by atoms with van der Waals surface area (Å²) in [5, 5.41) is 15.9. The molecule has 0 radical (unpaired) electrons. The molecule has 0 aliphatic rings. The Labute approximate surface area is 203 Å². The molecule has 0 spiro atoms. The molecule has 0 saturated carbocycles. The van der Waals surface area contributed by atoms with E-state index >= 15 is 0 Å². The second kappa shape index (κ2) is 7.04. The average Bonchev–Trinajstić information content (AvgIpc) is 2.90. The van der Waals surface area contributed by atoms with Gasteiger partial charge in [0.05, 0.1) is 0 Å². The molecule has 8 rings (SSSR count). The largest absolute Gasteiger partial charge is 0.0616 e. The van der Waals surface area contributed by atoms with Crippen molar-refractivity contribution in [3.63, 3.8) is 0 Å². The summed E-state index contributed by atoms with van der Waals surface area (Å²) < 4.78 is 0. The molecular weight excluding hydrogens is 420 g/mol. The SMILES string of the molecule is c1ccc2cc3cc4cc(Cc5ccc6ccc7cccc8ccc5c6c78)ccc4cc3cc2c1. The molecule has 0 N–H and O–H groups in total. The standard InChI is InChI=1S/C35H22/c1-2-5-27-19-32-21-30-17-22(8-9-28(30)20-31(32)18-26(27)4-1)16-29-13-12-25-11-10-23-6-3-7-24-14-15-33(29)35(25)34(23)24/h1-15,17-21H,16H2. The number of fused-ring (bicyclic) bond motifs is 3. The summed E-state index contributed by atoms with van der Waals surface area (Å²) in [6.07, 6.45) is 0.930. The van der Waals surface area contributed by atoms with Gasteiger partial charge in [-0.1, -0.05) is 97.1 Å². The maximum atomic E-state index is 2.38. The Hall–Kier alpha value is -4.42. The van der Waals surface area contributed by atoms with Crippen LogP contribution in [-0.2, 0) is 6.42 Å². The van der Waals surface area contributed by atoms with Crippen molar-refractivity contribution in [3.8, 4) is 0 Å². The van der Waals surface area contributed by atoms with Gasteiger partial charge >= 0.3 is 0 Å². The molecule has 0 fully saturated rings. The predicted octanol–water partition coefficient (Wildman–Crippen LogP) is 9.63. The van der Waals surface area contributed by atoms with Crippen LogP contribution in [0.2, 0.25) is 0 Å². The van der Waals surface area contributed by atoms with Gasteiger partial charge in [-0.2, -0.15) is 0 Å². The summed E-state index contributed by atoms with van der Waals surface area (Å²) in [5.74, 6) is 0. The third kappa shape index (κ3) is 2.87. The zero-order valence-corrected chi connectivity index (χ0v) is 19.3. The highest BCUT2D eigenvalue weighted by Crippen LogP contribution is 2.37. The van der Waals surface area contributed by atoms with E-state index in [1.807, 2.05) is 0 Å². The molecule has 35 heavy (non-hydrogen) atoms. The van der Waals surface area contributed by atoms with E-state index in [2.05, 4.69) is 121 Å². The van der Waals surface area contributed by atoms with Gasteiger partial charge in [0.1, 0.15) is 0 Å². The molecule has 0 saturated heterocycles. The Morgan fingerprint density at radius 3 is 1.60 bits per heavy atom. The van der Waals surface area contributed by atoms with E-state index in [0.717, 1.165) is 6.42 Å². The zero-order valence-electron chi connectivity index (χ0n) is 19.3. The summed E-state index contributed by atoms with van der Waals surface area (Å²) in [6, 6.07) is 45.2. The number of hydrogen-bond acceptors (Lipinski definition) is 0. The first-order valence-corrected chi connectivity index (χ1v) is 12.3. The maximum Gasteiger partial charge on any atom is -0.00194 e. The molecule has 8 aromatic carbocycles. The lowest BCUT2D eigenvalue weighted by molar-refractivity contribution is 1.22. The van der Waals surface area contributed by atoms with Crippen molar-refractivity contribution < 1.29 is 0 Å². The minimum Gasteiger partial charge on any atom is -0.0616 e. The van der Waals surface area contributed by atoms with E-state index in [-0.39, 0.29) is 0 Å². The topological polar surface area (TPSA) is 0 Å². The smallest absolute Gasteiger partial charge is 0.00194 e. The van der Waals surface area contributed by atoms with Crippen LogP contribution in [0, 0.1) is 0 Å². The van der Waals surface area contributed by atoms with Crippen molar-refractivity contribution in [3.05, 3.63) is 132 Å². The molecule has 0 aliphatic heterocycles. The van der Waals surface area contributed by atoms with Crippen molar-refractivity contribution in [1.29, 1.82) is 0 Å². The van der Waals surface area contributed by atoms with Crippen molar-refractivity contribution >= 4 is 64.6 Å². The minimum absolute atomic E-state index is 0.930. The van der Waals surface area contributed by atoms with Crippen LogP contribution in [-0.4, -0.2) is 0 Å². The van der Waals surface area contributed by atoms with Gasteiger partial charge in [0.15, 0.2) is 0 Å². The molecule has 0 aliphatic carbocycles. The Morgan fingerprint density at radius 1 is 0.343 bits per heavy atom. The lowest BCUT2D eigenvalue weighted by Gasteiger charge is -2.14. The van der Waals surface area contributed by atoms with E-state index in [9.17, 15) is 0 Å². The quantitative estimate of drug-likeness (QED) is 0.185. The summed E-state index contributed by atoms with van der Waals surface area (Å²) in [7, 11) is 0. The number of rotatable bonds is 2. The Balaban J connectivity index is 1.28. The van der Waals surface area contributed by atoms with Gasteiger partial charge in [-0.25, -0.2) is 0 Å². The van der Waals surface area contributed by atoms with E-state index in [0.29, 0.717) is 0 Å². The van der Waals surface area contributed by atoms with Crippen LogP contribution in [0.25, 0.3) is 64.6 Å². The number of hydrogen-bond donors (Lipinski definition) is 0. The predicted molar refractivity (Wildman–Crippen MR) is 152 cm³/mol. The van der Waals surface area contributed by atoms with Crippen LogP contribution in [0.4, 0.5) is 0 Å². The van der Waals surface area contributed by atoms with E-state index in [4.69, 9.17) is 0 Å². The Morgan fingerprint density at radius 2 is 0.857 bits per heavy atom. The number of benzene rings is 8. The van der Waals surface area contributed by atoms with E-state index in [1.54, 1.807) is 0 Å². The molecule has 0 aromatic heterocycles. The van der Waals surface area contributed by atoms with Crippen molar-refractivity contribution in [2.24, 2.45) is 0 Å². The van der Waals surface area contributed by atoms with Crippen molar-refractivity contribution in [2.45, 2.75) is 6.42 Å². The molecule has 0 amide bonds. The Kier molecular flexibility index (Phi) is 3.81. The first-order chi connectivity index (χ1) is 17.3. The summed E-state index contributed by atoms with van der Waals surface area (Å²) in [4.78, 5) is 0. The van der Waals surface area contributed by atoms with Gasteiger partial charge in [0.25, 0.3) is 0 Å². The average molecular weight is 443 g/mol. The van der Waals surface area contributed by atoms with Crippen LogP contribution in [0.1, 0.15) is 11.1 Å². The summed E-state index contributed by atoms with van der Waals surface area (Å²) in [6.45, 7) is 0. The van der Waals surface area contributed by atoms with E-state index < -0.39 is 0 Å². The molecule has 0 unspecified atom stereocenters. The molecule has 0 heterocycles. The van der Waals surface area contributed by atoms with Gasteiger partial charge in [-0.05, 0) is 106 Å². The molecule has 0 nitrogen and oxygen atoms in total. The van der Waals surface area contributed by atoms with Gasteiger partial charge in [0, 0.05) is 0 Å². The maximum absolute atomic E-state index is 2.38. The highest BCUT2D eigenvalue weighted by atomic mass is 14.1. The van der Waals surface area contributed by atoms with Crippen LogP contribution < -0.4 is 0 Å². The second-order valence-corrected chi connectivity index (χ2v) is 9.84. The fourth-order valence-corrected chi connectivity index (χ4v) is 6.02. The van der Waals surface area contributed by atoms with Crippen LogP contribution in [0.15, 0.2) is 121 Å². The molecule has 8 aromatic rings. The fourth-order valence-electron chi connectivity index (χ4n) is 6.02. The minimum atomic E-state index is 0.930. The highest BCUT2D eigenvalue weighted by Gasteiger charge is 2.11. The normalized spacial score (nSPS) is 12.1. The second-order valence-electron chi connectivity index (χ2n) is 9.84. The Bertz CT molecular complexity index is 2060. The molecule has 162 valence electrons. The van der Waals surface area contributed by atoms with Crippen molar-refractivity contribution in [1.82, 2.24) is 0 Å².